The van der Waals surface area contributed by atoms with Gasteiger partial charge in [0.1, 0.15) is 36.8 Å². The van der Waals surface area contributed by atoms with Crippen LogP contribution < -0.4 is 43.4 Å². The van der Waals surface area contributed by atoms with Crippen LogP contribution in [0.3, 0.4) is 0 Å². The topological polar surface area (TPSA) is 105 Å². The Bertz CT molecular complexity index is 1470. The molecule has 0 N–H and O–H groups in total. The second-order valence-electron chi connectivity index (χ2n) is 16.1. The van der Waals surface area contributed by atoms with E-state index >= 15 is 0 Å². The Balaban J connectivity index is 0.00000261. The fourth-order valence-electron chi connectivity index (χ4n) is 10.1. The molecule has 52 heavy (non-hydrogen) atoms. The molecule has 4 bridgehead atoms. The number of hydrogen-bond donors (Lipinski definition) is 0. The Labute approximate surface area is 328 Å². The van der Waals surface area contributed by atoms with Crippen molar-refractivity contribution < 1.29 is 81.1 Å². The van der Waals surface area contributed by atoms with Crippen LogP contribution >= 0.6 is 0 Å². The van der Waals surface area contributed by atoms with E-state index in [4.69, 9.17) is 18.9 Å². The maximum absolute atomic E-state index is 13.4. The monoisotopic (exact) mass is 846 g/mol. The predicted molar refractivity (Wildman–Crippen MR) is 183 cm³/mol. The number of nitrogens with zero attached hydrogens (tertiary/aromatic N) is 2. The molecule has 10 nitrogen and oxygen atoms in total. The van der Waals surface area contributed by atoms with E-state index in [1.807, 2.05) is 48.5 Å². The summed E-state index contributed by atoms with van der Waals surface area (Å²) in [6, 6.07) is 17.2. The Morgan fingerprint density at radius 1 is 0.538 bits per heavy atom. The minimum Gasteiger partial charge on any atom is -1.00 e. The van der Waals surface area contributed by atoms with Gasteiger partial charge >= 0.3 is 23.9 Å². The van der Waals surface area contributed by atoms with Crippen LogP contribution in [0.2, 0.25) is 0 Å². The molecule has 0 aromatic heterocycles. The van der Waals surface area contributed by atoms with Gasteiger partial charge in [0.2, 0.25) is 0 Å². The molecule has 2 aromatic rings. The lowest BCUT2D eigenvalue weighted by atomic mass is 9.73. The Morgan fingerprint density at radius 2 is 0.846 bits per heavy atom. The van der Waals surface area contributed by atoms with Gasteiger partial charge in [0.05, 0.1) is 50.1 Å². The van der Waals surface area contributed by atoms with Crippen molar-refractivity contribution in [2.45, 2.75) is 128 Å². The number of esters is 4. The predicted octanol–water partition coefficient (Wildman–Crippen LogP) is -0.362. The molecular weight excluding hydrogens is 796 g/mol. The molecule has 4 aliphatic heterocycles. The van der Waals surface area contributed by atoms with E-state index in [9.17, 15) is 19.2 Å². The molecule has 0 radical (unpaired) electrons. The smallest absolute Gasteiger partial charge is 0.310 e. The number of quaternary nitrogens is 2. The number of carbonyl (C=O) groups is 4. The van der Waals surface area contributed by atoms with E-state index in [1.54, 1.807) is 0 Å². The average Bonchev–Trinajstić information content (AvgIpc) is 3.26. The number of hydrogen-bond acceptors (Lipinski definition) is 8. The first-order valence-corrected chi connectivity index (χ1v) is 18.5. The van der Waals surface area contributed by atoms with Gasteiger partial charge in [-0.05, 0) is 61.4 Å². The summed E-state index contributed by atoms with van der Waals surface area (Å²) < 4.78 is 24.6. The van der Waals surface area contributed by atoms with Gasteiger partial charge in [-0.2, -0.15) is 0 Å². The lowest BCUT2D eigenvalue weighted by Crippen LogP contribution is -3.00. The van der Waals surface area contributed by atoms with Crippen molar-refractivity contribution in [1.29, 1.82) is 0 Å². The van der Waals surface area contributed by atoms with Crippen LogP contribution in [0.1, 0.15) is 89.2 Å². The summed E-state index contributed by atoms with van der Waals surface area (Å²) in [5.74, 6) is -0.808. The van der Waals surface area contributed by atoms with Crippen LogP contribution in [-0.2, 0) is 41.7 Å². The summed E-state index contributed by atoms with van der Waals surface area (Å²) in [5, 5.41) is 0. The molecule has 6 atom stereocenters. The molecule has 4 heterocycles. The third kappa shape index (κ3) is 8.30. The van der Waals surface area contributed by atoms with Gasteiger partial charge in [-0.15, -0.1) is 0 Å². The van der Waals surface area contributed by atoms with E-state index in [0.717, 1.165) is 73.4 Å². The molecule has 0 spiro atoms. The number of rotatable bonds is 10. The van der Waals surface area contributed by atoms with Crippen molar-refractivity contribution in [1.82, 2.24) is 0 Å². The van der Waals surface area contributed by atoms with Crippen LogP contribution in [0.25, 0.3) is 0 Å². The second kappa shape index (κ2) is 16.3. The van der Waals surface area contributed by atoms with Crippen LogP contribution in [0.15, 0.2) is 48.5 Å². The average molecular weight is 849 g/mol. The molecule has 4 saturated heterocycles. The Kier molecular flexibility index (Phi) is 12.6. The van der Waals surface area contributed by atoms with Gasteiger partial charge in [0.15, 0.2) is 0 Å². The molecule has 5 fully saturated rings. The molecule has 6 unspecified atom stereocenters. The summed E-state index contributed by atoms with van der Waals surface area (Å²) in [4.78, 5) is 49.5. The zero-order chi connectivity index (χ0) is 35.2. The zero-order valence-corrected chi connectivity index (χ0v) is 33.8. The molecule has 0 amide bonds. The summed E-state index contributed by atoms with van der Waals surface area (Å²) >= 11 is 0. The summed E-state index contributed by atoms with van der Waals surface area (Å²) in [5.41, 5.74) is 2.40. The highest BCUT2D eigenvalue weighted by atomic mass is 79.9. The maximum Gasteiger partial charge on any atom is 0.310 e. The highest BCUT2D eigenvalue weighted by Gasteiger charge is 2.55. The fraction of sp³-hybridized carbons (Fsp3) is 0.600. The minimum atomic E-state index is -0.407. The highest BCUT2D eigenvalue weighted by molar-refractivity contribution is 5.84. The first-order valence-electron chi connectivity index (χ1n) is 18.5. The normalized spacial score (nSPS) is 34.1. The van der Waals surface area contributed by atoms with E-state index in [0.29, 0.717) is 48.5 Å². The van der Waals surface area contributed by atoms with Crippen molar-refractivity contribution in [2.75, 3.05) is 14.1 Å². The SMILES string of the molecule is CC(=O)Oc1ccc(C[N+]2(C)C3CCC2CC(OC(=O)C2CCC2C(=O)O[C@H]2CC4CCC(C2)[N@@+]4(C)Cc2ccc(OC(C)=O)cc2)C3)cc1.[Br-].[Br-]. The van der Waals surface area contributed by atoms with Gasteiger partial charge in [-0.25, -0.2) is 0 Å². The van der Waals surface area contributed by atoms with Crippen LogP contribution in [0.5, 0.6) is 11.5 Å². The van der Waals surface area contributed by atoms with Crippen molar-refractivity contribution in [3.8, 4) is 11.5 Å². The number of halogens is 2. The van der Waals surface area contributed by atoms with Gasteiger partial charge in [-0.3, -0.25) is 19.2 Å². The third-order valence-corrected chi connectivity index (χ3v) is 13.0. The van der Waals surface area contributed by atoms with Crippen LogP contribution in [-0.4, -0.2) is 83.3 Å². The van der Waals surface area contributed by atoms with E-state index in [1.165, 1.54) is 25.0 Å². The lowest BCUT2D eigenvalue weighted by molar-refractivity contribution is -0.961. The molecule has 1 aliphatic carbocycles. The van der Waals surface area contributed by atoms with Crippen molar-refractivity contribution >= 4 is 23.9 Å². The van der Waals surface area contributed by atoms with Gasteiger partial charge in [-0.1, -0.05) is 0 Å². The Morgan fingerprint density at radius 3 is 1.12 bits per heavy atom. The molecule has 12 heteroatoms. The molecule has 7 rings (SSSR count). The summed E-state index contributed by atoms with van der Waals surface area (Å²) in [6.45, 7) is 4.58. The molecule has 2 aromatic carbocycles. The van der Waals surface area contributed by atoms with E-state index < -0.39 is 11.8 Å². The van der Waals surface area contributed by atoms with Gasteiger partial charge in [0, 0.05) is 76.3 Å². The minimum absolute atomic E-state index is 0. The number of ether oxygens (including phenoxy) is 4. The molecule has 284 valence electrons. The molecule has 5 aliphatic rings. The van der Waals surface area contributed by atoms with Crippen LogP contribution in [0.4, 0.5) is 0 Å². The van der Waals surface area contributed by atoms with Crippen molar-refractivity contribution in [3.05, 3.63) is 59.7 Å². The van der Waals surface area contributed by atoms with Crippen molar-refractivity contribution in [3.63, 3.8) is 0 Å². The number of piperidine rings is 2. The standard InChI is InChI=1S/C40H52N2O8.2BrH/c1-25(43)47-33-13-5-27(6-14-33)23-41(3)29-9-10-30(41)20-35(19-29)49-39(45)37-17-18-38(37)40(46)50-36-21-31-11-12-32(22-36)42(31,4)24-28-7-15-34(16-8-28)48-26(2)44;;/h5-8,13-16,29-32,35-38H,9-12,17-24H2,1-4H3;2*1H/q+2;;/p-2/t29?,30?,31?,32?,35-,36?,37?,38?,41-,42?;;. The number of fused-ring (bicyclic) bond motifs is 4. The fourth-order valence-corrected chi connectivity index (χ4v) is 10.1. The van der Waals surface area contributed by atoms with Gasteiger partial charge in [0.25, 0.3) is 0 Å². The van der Waals surface area contributed by atoms with Crippen molar-refractivity contribution in [2.24, 2.45) is 11.8 Å². The van der Waals surface area contributed by atoms with Crippen LogP contribution in [0, 0.1) is 11.8 Å². The van der Waals surface area contributed by atoms with E-state index in [2.05, 4.69) is 14.1 Å². The van der Waals surface area contributed by atoms with E-state index in [-0.39, 0.29) is 70.0 Å². The zero-order valence-electron chi connectivity index (χ0n) is 30.6. The lowest BCUT2D eigenvalue weighted by Gasteiger charge is -2.47. The molecular formula is C40H52Br2N2O8. The maximum atomic E-state index is 13.4. The number of carbonyl (C=O) groups excluding carboxylic acids is 4. The second-order valence-corrected chi connectivity index (χ2v) is 16.1. The Hall–Kier alpha value is -2.80. The summed E-state index contributed by atoms with van der Waals surface area (Å²) in [6.07, 6.45) is 8.93. The summed E-state index contributed by atoms with van der Waals surface area (Å²) in [7, 11) is 4.64. The quantitative estimate of drug-likeness (QED) is 0.182. The first-order chi connectivity index (χ1) is 23.9. The third-order valence-electron chi connectivity index (χ3n) is 13.0. The first kappa shape index (κ1) is 40.4. The number of benzene rings is 2. The molecule has 1 saturated carbocycles. The van der Waals surface area contributed by atoms with Gasteiger partial charge < -0.3 is 61.9 Å². The highest BCUT2D eigenvalue weighted by Crippen LogP contribution is 2.46. The largest absolute Gasteiger partial charge is 1.00 e.